The van der Waals surface area contributed by atoms with Gasteiger partial charge in [0.05, 0.1) is 17.7 Å². The van der Waals surface area contributed by atoms with Gasteiger partial charge in [0, 0.05) is 24.8 Å². The van der Waals surface area contributed by atoms with E-state index in [1.54, 1.807) is 25.3 Å². The normalized spacial score (nSPS) is 20.2. The molecule has 2 aromatic rings. The zero-order chi connectivity index (χ0) is 22.5. The summed E-state index contributed by atoms with van der Waals surface area (Å²) >= 11 is 6.47. The van der Waals surface area contributed by atoms with Crippen LogP contribution in [0.15, 0.2) is 42.5 Å². The van der Waals surface area contributed by atoms with Gasteiger partial charge in [0.15, 0.2) is 0 Å². The molecule has 0 unspecified atom stereocenters. The van der Waals surface area contributed by atoms with Crippen molar-refractivity contribution in [3.8, 4) is 5.75 Å². The molecule has 2 atom stereocenters. The number of hydrogen-bond acceptors (Lipinski definition) is 3. The maximum Gasteiger partial charge on any atom is 0.319 e. The van der Waals surface area contributed by atoms with Gasteiger partial charge in [-0.2, -0.15) is 0 Å². The summed E-state index contributed by atoms with van der Waals surface area (Å²) in [7, 11) is 1.61. The Hall–Kier alpha value is -2.73. The number of anilines is 1. The van der Waals surface area contributed by atoms with Gasteiger partial charge >= 0.3 is 6.03 Å². The van der Waals surface area contributed by atoms with E-state index in [4.69, 9.17) is 16.3 Å². The van der Waals surface area contributed by atoms with Crippen LogP contribution in [0.3, 0.4) is 0 Å². The molecule has 2 fully saturated rings. The molecule has 1 aliphatic carbocycles. The fourth-order valence-corrected chi connectivity index (χ4v) is 5.16. The maximum atomic E-state index is 13.2. The first kappa shape index (κ1) is 22.5. The molecule has 3 amide bonds. The highest BCUT2D eigenvalue weighted by atomic mass is 35.5. The predicted octanol–water partition coefficient (Wildman–Crippen LogP) is 5.47. The highest BCUT2D eigenvalue weighted by Gasteiger charge is 2.36. The third-order valence-corrected chi connectivity index (χ3v) is 6.89. The van der Waals surface area contributed by atoms with E-state index in [1.807, 2.05) is 29.2 Å². The first-order valence-electron chi connectivity index (χ1n) is 11.3. The smallest absolute Gasteiger partial charge is 0.319 e. The number of likely N-dealkylation sites (tertiary alicyclic amines) is 1. The average molecular weight is 456 g/mol. The van der Waals surface area contributed by atoms with Crippen molar-refractivity contribution in [3.05, 3.63) is 58.6 Å². The summed E-state index contributed by atoms with van der Waals surface area (Å²) in [5, 5.41) is 5.96. The Morgan fingerprint density at radius 1 is 1.06 bits per heavy atom. The SMILES string of the molecule is COc1ccc(CNC(=O)Nc2ccc(C(=O)N3CCC[C@H]4CCCC[C@H]43)c(Cl)c2)cc1. The van der Waals surface area contributed by atoms with E-state index in [9.17, 15) is 9.59 Å². The molecule has 6 nitrogen and oxygen atoms in total. The van der Waals surface area contributed by atoms with Crippen molar-refractivity contribution in [1.29, 1.82) is 0 Å². The lowest BCUT2D eigenvalue weighted by molar-refractivity contribution is 0.0391. The van der Waals surface area contributed by atoms with Gasteiger partial charge in [0.25, 0.3) is 5.91 Å². The van der Waals surface area contributed by atoms with E-state index in [0.717, 1.165) is 30.7 Å². The fourth-order valence-electron chi connectivity index (χ4n) is 4.90. The summed E-state index contributed by atoms with van der Waals surface area (Å²) in [4.78, 5) is 27.6. The fraction of sp³-hybridized carbons (Fsp3) is 0.440. The van der Waals surface area contributed by atoms with Crippen molar-refractivity contribution in [2.75, 3.05) is 19.0 Å². The third kappa shape index (κ3) is 5.18. The molecule has 2 aliphatic rings. The first-order chi connectivity index (χ1) is 15.5. The molecule has 4 rings (SSSR count). The van der Waals surface area contributed by atoms with Gasteiger partial charge in [-0.1, -0.05) is 36.6 Å². The number of nitrogens with one attached hydrogen (secondary N) is 2. The molecule has 7 heteroatoms. The van der Waals surface area contributed by atoms with Crippen LogP contribution in [0.5, 0.6) is 5.75 Å². The van der Waals surface area contributed by atoms with E-state index < -0.39 is 0 Å². The molecule has 2 N–H and O–H groups in total. The molecule has 1 saturated carbocycles. The van der Waals surface area contributed by atoms with E-state index in [1.165, 1.54) is 25.7 Å². The van der Waals surface area contributed by atoms with Crippen LogP contribution in [0.1, 0.15) is 54.4 Å². The Morgan fingerprint density at radius 2 is 1.81 bits per heavy atom. The van der Waals surface area contributed by atoms with Crippen LogP contribution in [-0.4, -0.2) is 36.5 Å². The predicted molar refractivity (Wildman–Crippen MR) is 126 cm³/mol. The highest BCUT2D eigenvalue weighted by Crippen LogP contribution is 2.36. The quantitative estimate of drug-likeness (QED) is 0.628. The molecule has 32 heavy (non-hydrogen) atoms. The summed E-state index contributed by atoms with van der Waals surface area (Å²) in [6, 6.07) is 12.6. The summed E-state index contributed by atoms with van der Waals surface area (Å²) in [6.07, 6.45) is 7.03. The number of amides is 3. The summed E-state index contributed by atoms with van der Waals surface area (Å²) in [6.45, 7) is 1.18. The van der Waals surface area contributed by atoms with Crippen LogP contribution in [0.2, 0.25) is 5.02 Å². The highest BCUT2D eigenvalue weighted by molar-refractivity contribution is 6.34. The number of piperidine rings is 1. The molecular formula is C25H30ClN3O3. The zero-order valence-electron chi connectivity index (χ0n) is 18.4. The monoisotopic (exact) mass is 455 g/mol. The van der Waals surface area contributed by atoms with E-state index >= 15 is 0 Å². The maximum absolute atomic E-state index is 13.2. The molecule has 2 aromatic carbocycles. The second-order valence-electron chi connectivity index (χ2n) is 8.60. The lowest BCUT2D eigenvalue weighted by atomic mass is 9.78. The molecule has 0 spiro atoms. The minimum Gasteiger partial charge on any atom is -0.497 e. The number of carbonyl (C=O) groups is 2. The van der Waals surface area contributed by atoms with Crippen LogP contribution in [0.25, 0.3) is 0 Å². The van der Waals surface area contributed by atoms with Crippen molar-refractivity contribution in [1.82, 2.24) is 10.2 Å². The lowest BCUT2D eigenvalue weighted by Gasteiger charge is -2.44. The number of fused-ring (bicyclic) bond motifs is 1. The van der Waals surface area contributed by atoms with Crippen molar-refractivity contribution < 1.29 is 14.3 Å². The van der Waals surface area contributed by atoms with Crippen molar-refractivity contribution >= 4 is 29.2 Å². The van der Waals surface area contributed by atoms with Gasteiger partial charge < -0.3 is 20.3 Å². The number of methoxy groups -OCH3 is 1. The molecule has 1 heterocycles. The molecular weight excluding hydrogens is 426 g/mol. The number of urea groups is 1. The molecule has 1 aliphatic heterocycles. The Morgan fingerprint density at radius 3 is 2.56 bits per heavy atom. The second-order valence-corrected chi connectivity index (χ2v) is 9.01. The van der Waals surface area contributed by atoms with Crippen molar-refractivity contribution in [2.45, 2.75) is 51.1 Å². The average Bonchev–Trinajstić information content (AvgIpc) is 2.82. The van der Waals surface area contributed by atoms with Gasteiger partial charge in [-0.15, -0.1) is 0 Å². The summed E-state index contributed by atoms with van der Waals surface area (Å²) < 4.78 is 5.14. The Bertz CT molecular complexity index is 961. The molecule has 1 saturated heterocycles. The van der Waals surface area contributed by atoms with Crippen LogP contribution in [0, 0.1) is 5.92 Å². The molecule has 170 valence electrons. The molecule has 0 radical (unpaired) electrons. The van der Waals surface area contributed by atoms with Gasteiger partial charge in [0.1, 0.15) is 5.75 Å². The van der Waals surface area contributed by atoms with Crippen LogP contribution < -0.4 is 15.4 Å². The van der Waals surface area contributed by atoms with Gasteiger partial charge in [-0.3, -0.25) is 4.79 Å². The first-order valence-corrected chi connectivity index (χ1v) is 11.7. The van der Waals surface area contributed by atoms with Gasteiger partial charge in [-0.05, 0) is 67.5 Å². The third-order valence-electron chi connectivity index (χ3n) is 6.57. The number of hydrogen-bond donors (Lipinski definition) is 2. The lowest BCUT2D eigenvalue weighted by Crippen LogP contribution is -2.49. The number of halogens is 1. The summed E-state index contributed by atoms with van der Waals surface area (Å²) in [5.41, 5.74) is 2.01. The minimum atomic E-state index is -0.336. The van der Waals surface area contributed by atoms with Crippen LogP contribution in [0.4, 0.5) is 10.5 Å². The minimum absolute atomic E-state index is 0.00195. The number of carbonyl (C=O) groups excluding carboxylic acids is 2. The van der Waals surface area contributed by atoms with E-state index in [0.29, 0.717) is 34.8 Å². The Balaban J connectivity index is 1.36. The number of ether oxygens (including phenoxy) is 1. The summed E-state index contributed by atoms with van der Waals surface area (Å²) in [5.74, 6) is 1.39. The van der Waals surface area contributed by atoms with Crippen LogP contribution >= 0.6 is 11.6 Å². The Labute approximate surface area is 194 Å². The van der Waals surface area contributed by atoms with Gasteiger partial charge in [0.2, 0.25) is 0 Å². The van der Waals surface area contributed by atoms with E-state index in [-0.39, 0.29) is 11.9 Å². The second kappa shape index (κ2) is 10.3. The van der Waals surface area contributed by atoms with Gasteiger partial charge in [-0.25, -0.2) is 4.79 Å². The van der Waals surface area contributed by atoms with Crippen LogP contribution in [-0.2, 0) is 6.54 Å². The van der Waals surface area contributed by atoms with Crippen molar-refractivity contribution in [3.63, 3.8) is 0 Å². The molecule has 0 aromatic heterocycles. The van der Waals surface area contributed by atoms with E-state index in [2.05, 4.69) is 10.6 Å². The zero-order valence-corrected chi connectivity index (χ0v) is 19.2. The van der Waals surface area contributed by atoms with Crippen molar-refractivity contribution in [2.24, 2.45) is 5.92 Å². The number of rotatable bonds is 5. The largest absolute Gasteiger partial charge is 0.497 e. The number of benzene rings is 2. The number of nitrogens with zero attached hydrogens (tertiary/aromatic N) is 1. The standard InChI is InChI=1S/C25H30ClN3O3/c1-32-20-11-8-17(9-12-20)16-27-25(31)28-19-10-13-21(22(26)15-19)24(30)29-14-4-6-18-5-2-3-7-23(18)29/h8-13,15,18,23H,2-7,14,16H2,1H3,(H2,27,28,31)/t18-,23-/m1/s1. The molecule has 0 bridgehead atoms. The topological polar surface area (TPSA) is 70.7 Å². The Kier molecular flexibility index (Phi) is 7.20.